The Bertz CT molecular complexity index is 1400. The van der Waals surface area contributed by atoms with Gasteiger partial charge in [-0.15, -0.1) is 22.7 Å². The number of para-hydroxylation sites is 2. The number of hydrogen-bond acceptors (Lipinski definition) is 7. The molecule has 4 aromatic heterocycles. The van der Waals surface area contributed by atoms with Gasteiger partial charge in [-0.25, -0.2) is 15.0 Å². The molecule has 5 aromatic rings. The van der Waals surface area contributed by atoms with E-state index in [1.165, 1.54) is 23.1 Å². The van der Waals surface area contributed by atoms with E-state index in [2.05, 4.69) is 4.98 Å². The predicted molar refractivity (Wildman–Crippen MR) is 122 cm³/mol. The van der Waals surface area contributed by atoms with Crippen molar-refractivity contribution in [3.63, 3.8) is 0 Å². The van der Waals surface area contributed by atoms with Crippen molar-refractivity contribution in [3.8, 4) is 10.4 Å². The minimum atomic E-state index is -0.0107. The molecule has 0 aliphatic heterocycles. The SMILES string of the molecule is Cc1nc2ccccc2nc1CSc1nc2scc(-c3cccs3)c2c(=O)n1C. The molecule has 0 atom stereocenters. The number of thiophene rings is 2. The van der Waals surface area contributed by atoms with Crippen LogP contribution < -0.4 is 5.56 Å². The van der Waals surface area contributed by atoms with Crippen LogP contribution in [0.3, 0.4) is 0 Å². The van der Waals surface area contributed by atoms with Crippen molar-refractivity contribution in [1.82, 2.24) is 19.5 Å². The van der Waals surface area contributed by atoms with Crippen LogP contribution in [0.5, 0.6) is 0 Å². The zero-order valence-corrected chi connectivity index (χ0v) is 18.2. The van der Waals surface area contributed by atoms with Gasteiger partial charge in [0, 0.05) is 28.6 Å². The highest BCUT2D eigenvalue weighted by Crippen LogP contribution is 2.34. The maximum absolute atomic E-state index is 13.1. The Morgan fingerprint density at radius 1 is 1.03 bits per heavy atom. The standard InChI is InChI=1S/C21H16N4OS3/c1-12-16(23-15-7-4-3-6-14(15)22-12)11-29-21-24-19-18(20(26)25(21)2)13(10-28-19)17-8-5-9-27-17/h3-10H,11H2,1-2H3. The second kappa shape index (κ2) is 7.37. The number of fused-ring (bicyclic) bond motifs is 2. The Hall–Kier alpha value is -2.55. The third-order valence-electron chi connectivity index (χ3n) is 4.74. The Labute approximate surface area is 179 Å². The summed E-state index contributed by atoms with van der Waals surface area (Å²) in [5.74, 6) is 0.610. The minimum Gasteiger partial charge on any atom is -0.290 e. The Kier molecular flexibility index (Phi) is 4.69. The first-order valence-electron chi connectivity index (χ1n) is 8.99. The molecule has 0 saturated carbocycles. The van der Waals surface area contributed by atoms with Gasteiger partial charge in [0.2, 0.25) is 0 Å². The fourth-order valence-corrected chi connectivity index (χ4v) is 5.97. The van der Waals surface area contributed by atoms with Gasteiger partial charge in [-0.2, -0.15) is 0 Å². The van der Waals surface area contributed by atoms with Crippen molar-refractivity contribution < 1.29 is 0 Å². The molecule has 0 spiro atoms. The van der Waals surface area contributed by atoms with E-state index in [4.69, 9.17) is 9.97 Å². The van der Waals surface area contributed by atoms with Crippen molar-refractivity contribution in [2.45, 2.75) is 17.8 Å². The molecule has 29 heavy (non-hydrogen) atoms. The number of hydrogen-bond donors (Lipinski definition) is 0. The number of thioether (sulfide) groups is 1. The van der Waals surface area contributed by atoms with Crippen LogP contribution in [0.4, 0.5) is 0 Å². The number of rotatable bonds is 4. The summed E-state index contributed by atoms with van der Waals surface area (Å²) < 4.78 is 1.64. The molecule has 0 saturated heterocycles. The van der Waals surface area contributed by atoms with Gasteiger partial charge >= 0.3 is 0 Å². The third kappa shape index (κ3) is 3.27. The number of aromatic nitrogens is 4. The van der Waals surface area contributed by atoms with Gasteiger partial charge in [0.05, 0.1) is 27.8 Å². The average Bonchev–Trinajstić information content (AvgIpc) is 3.39. The molecule has 0 bridgehead atoms. The zero-order valence-electron chi connectivity index (χ0n) is 15.7. The zero-order chi connectivity index (χ0) is 20.0. The van der Waals surface area contributed by atoms with Crippen molar-refractivity contribution in [1.29, 1.82) is 0 Å². The van der Waals surface area contributed by atoms with E-state index in [0.717, 1.165) is 37.7 Å². The minimum absolute atomic E-state index is 0.0107. The first-order chi connectivity index (χ1) is 14.1. The van der Waals surface area contributed by atoms with Gasteiger partial charge in [-0.05, 0) is 30.5 Å². The first-order valence-corrected chi connectivity index (χ1v) is 11.7. The fourth-order valence-electron chi connectivity index (χ4n) is 3.19. The molecule has 5 rings (SSSR count). The summed E-state index contributed by atoms with van der Waals surface area (Å²) in [4.78, 5) is 29.1. The molecule has 0 amide bonds. The second-order valence-corrected chi connectivity index (χ2v) is 9.35. The van der Waals surface area contributed by atoms with Gasteiger partial charge in [0.15, 0.2) is 5.16 Å². The lowest BCUT2D eigenvalue weighted by atomic mass is 10.2. The quantitative estimate of drug-likeness (QED) is 0.284. The summed E-state index contributed by atoms with van der Waals surface area (Å²) in [7, 11) is 1.78. The van der Waals surface area contributed by atoms with Crippen LogP contribution in [0.15, 0.2) is 57.1 Å². The van der Waals surface area contributed by atoms with Crippen molar-refractivity contribution in [2.75, 3.05) is 0 Å². The highest BCUT2D eigenvalue weighted by atomic mass is 32.2. The highest BCUT2D eigenvalue weighted by molar-refractivity contribution is 7.98. The lowest BCUT2D eigenvalue weighted by Crippen LogP contribution is -2.19. The van der Waals surface area contributed by atoms with Crippen LogP contribution in [0.1, 0.15) is 11.4 Å². The van der Waals surface area contributed by atoms with E-state index in [0.29, 0.717) is 16.3 Å². The first kappa shape index (κ1) is 18.5. The predicted octanol–water partition coefficient (Wildman–Crippen LogP) is 5.27. The normalized spacial score (nSPS) is 11.5. The largest absolute Gasteiger partial charge is 0.290 e. The van der Waals surface area contributed by atoms with Crippen LogP contribution in [-0.2, 0) is 12.8 Å². The van der Waals surface area contributed by atoms with Crippen LogP contribution in [0.25, 0.3) is 31.7 Å². The van der Waals surface area contributed by atoms with E-state index in [9.17, 15) is 4.79 Å². The van der Waals surface area contributed by atoms with Crippen LogP contribution in [0.2, 0.25) is 0 Å². The van der Waals surface area contributed by atoms with Crippen LogP contribution >= 0.6 is 34.4 Å². The molecule has 0 N–H and O–H groups in total. The van der Waals surface area contributed by atoms with E-state index in [-0.39, 0.29) is 5.56 Å². The maximum atomic E-state index is 13.1. The van der Waals surface area contributed by atoms with Gasteiger partial charge < -0.3 is 0 Å². The highest BCUT2D eigenvalue weighted by Gasteiger charge is 2.17. The summed E-state index contributed by atoms with van der Waals surface area (Å²) in [6.45, 7) is 1.97. The van der Waals surface area contributed by atoms with E-state index in [1.54, 1.807) is 23.0 Å². The molecule has 0 unspecified atom stereocenters. The van der Waals surface area contributed by atoms with Gasteiger partial charge in [-0.1, -0.05) is 30.0 Å². The summed E-state index contributed by atoms with van der Waals surface area (Å²) in [6.07, 6.45) is 0. The van der Waals surface area contributed by atoms with E-state index in [1.807, 2.05) is 54.1 Å². The lowest BCUT2D eigenvalue weighted by Gasteiger charge is -2.09. The van der Waals surface area contributed by atoms with Gasteiger partial charge in [0.25, 0.3) is 5.56 Å². The van der Waals surface area contributed by atoms with Crippen LogP contribution in [-0.4, -0.2) is 19.5 Å². The maximum Gasteiger partial charge on any atom is 0.263 e. The molecule has 0 radical (unpaired) electrons. The van der Waals surface area contributed by atoms with Crippen molar-refractivity contribution >= 4 is 55.7 Å². The summed E-state index contributed by atoms with van der Waals surface area (Å²) in [5.41, 5.74) is 4.55. The molecule has 0 fully saturated rings. The molecule has 144 valence electrons. The molecule has 8 heteroatoms. The lowest BCUT2D eigenvalue weighted by molar-refractivity contribution is 0.728. The van der Waals surface area contributed by atoms with E-state index < -0.39 is 0 Å². The fraction of sp³-hybridized carbons (Fsp3) is 0.143. The molecular formula is C21H16N4OS3. The molecular weight excluding hydrogens is 420 g/mol. The Balaban J connectivity index is 1.51. The average molecular weight is 437 g/mol. The molecule has 0 aliphatic carbocycles. The summed E-state index contributed by atoms with van der Waals surface area (Å²) >= 11 is 4.67. The Morgan fingerprint density at radius 3 is 2.59 bits per heavy atom. The van der Waals surface area contributed by atoms with Crippen molar-refractivity contribution in [3.05, 3.63) is 68.9 Å². The molecule has 1 aromatic carbocycles. The van der Waals surface area contributed by atoms with Gasteiger partial charge in [-0.3, -0.25) is 9.36 Å². The monoisotopic (exact) mass is 436 g/mol. The van der Waals surface area contributed by atoms with Crippen LogP contribution in [0, 0.1) is 6.92 Å². The van der Waals surface area contributed by atoms with Gasteiger partial charge in [0.1, 0.15) is 4.83 Å². The van der Waals surface area contributed by atoms with E-state index >= 15 is 0 Å². The number of aryl methyl sites for hydroxylation is 1. The topological polar surface area (TPSA) is 60.7 Å². The third-order valence-corrected chi connectivity index (χ3v) is 7.56. The second-order valence-electron chi connectivity index (χ2n) is 6.60. The molecule has 4 heterocycles. The summed E-state index contributed by atoms with van der Waals surface area (Å²) in [6, 6.07) is 11.9. The number of benzene rings is 1. The molecule has 0 aliphatic rings. The van der Waals surface area contributed by atoms with Crippen molar-refractivity contribution in [2.24, 2.45) is 7.05 Å². The Morgan fingerprint density at radius 2 is 1.83 bits per heavy atom. The number of nitrogens with zero attached hydrogens (tertiary/aromatic N) is 4. The smallest absolute Gasteiger partial charge is 0.263 e. The molecule has 5 nitrogen and oxygen atoms in total. The summed E-state index contributed by atoms with van der Waals surface area (Å²) in [5, 5.41) is 5.44.